The lowest BCUT2D eigenvalue weighted by Gasteiger charge is -2.21. The second-order valence-electron chi connectivity index (χ2n) is 9.29. The second kappa shape index (κ2) is 13.0. The molecule has 0 bridgehead atoms. The molecule has 0 saturated carbocycles. The number of H-pyrrole nitrogens is 1. The Morgan fingerprint density at radius 2 is 1.89 bits per heavy atom. The lowest BCUT2D eigenvalue weighted by Crippen LogP contribution is -2.33. The lowest BCUT2D eigenvalue weighted by molar-refractivity contribution is -0.145. The van der Waals surface area contributed by atoms with E-state index in [0.29, 0.717) is 12.2 Å². The molecule has 0 amide bonds. The smallest absolute Gasteiger partial charge is 0.330 e. The van der Waals surface area contributed by atoms with Crippen molar-refractivity contribution in [3.05, 3.63) is 87.7 Å². The summed E-state index contributed by atoms with van der Waals surface area (Å²) in [6, 6.07) is 18.8. The van der Waals surface area contributed by atoms with E-state index < -0.39 is 32.0 Å². The minimum Gasteiger partial charge on any atom is -0.462 e. The van der Waals surface area contributed by atoms with Crippen molar-refractivity contribution in [2.45, 2.75) is 45.6 Å². The summed E-state index contributed by atoms with van der Waals surface area (Å²) >= 11 is 0. The van der Waals surface area contributed by atoms with Crippen LogP contribution in [-0.2, 0) is 18.8 Å². The lowest BCUT2D eigenvalue weighted by atomic mass is 10.1. The van der Waals surface area contributed by atoms with Gasteiger partial charge in [-0.2, -0.15) is 0 Å². The highest BCUT2D eigenvalue weighted by Crippen LogP contribution is 2.39. The van der Waals surface area contributed by atoms with Gasteiger partial charge in [-0.3, -0.25) is 19.1 Å². The zero-order valence-corrected chi connectivity index (χ0v) is 22.4. The predicted molar refractivity (Wildman–Crippen MR) is 144 cm³/mol. The fourth-order valence-corrected chi connectivity index (χ4v) is 5.21. The number of nitrogens with zero attached hydrogens (tertiary/aromatic N) is 1. The Hall–Kier alpha value is -3.30. The third-order valence-corrected chi connectivity index (χ3v) is 6.98. The van der Waals surface area contributed by atoms with Gasteiger partial charge in [0.25, 0.3) is 5.56 Å². The van der Waals surface area contributed by atoms with Crippen molar-refractivity contribution < 1.29 is 23.3 Å². The van der Waals surface area contributed by atoms with Gasteiger partial charge in [0.05, 0.1) is 18.8 Å². The van der Waals surface area contributed by atoms with Crippen molar-refractivity contribution in [2.24, 2.45) is 5.92 Å². The first-order chi connectivity index (χ1) is 18.3. The fraction of sp³-hybridized carbons (Fsp3) is 0.370. The normalized spacial score (nSPS) is 19.8. The third-order valence-electron chi connectivity index (χ3n) is 5.81. The van der Waals surface area contributed by atoms with E-state index in [0.717, 1.165) is 11.1 Å². The van der Waals surface area contributed by atoms with Gasteiger partial charge >= 0.3 is 20.2 Å². The topological polar surface area (TPSA) is 121 Å². The first-order valence-corrected chi connectivity index (χ1v) is 13.6. The summed E-state index contributed by atoms with van der Waals surface area (Å²) < 4.78 is 24.9. The Morgan fingerprint density at radius 1 is 1.13 bits per heavy atom. The zero-order chi connectivity index (χ0) is 27.1. The van der Waals surface area contributed by atoms with Crippen LogP contribution in [0.5, 0.6) is 5.75 Å². The summed E-state index contributed by atoms with van der Waals surface area (Å²) in [5, 5.41) is 3.02. The van der Waals surface area contributed by atoms with E-state index in [9.17, 15) is 14.4 Å². The van der Waals surface area contributed by atoms with E-state index in [1.807, 2.05) is 61.5 Å². The maximum Gasteiger partial charge on any atom is 0.330 e. The molecule has 2 aromatic carbocycles. The van der Waals surface area contributed by atoms with Crippen LogP contribution in [-0.4, -0.2) is 40.9 Å². The Bertz CT molecular complexity index is 1330. The van der Waals surface area contributed by atoms with Gasteiger partial charge in [-0.25, -0.2) is 9.88 Å². The molecule has 0 aliphatic carbocycles. The molecule has 1 fully saturated rings. The minimum absolute atomic E-state index is 0.0101. The maximum atomic E-state index is 12.2. The number of aromatic amines is 1. The molecule has 0 spiro atoms. The molecule has 1 saturated heterocycles. The van der Waals surface area contributed by atoms with Crippen LogP contribution in [0.2, 0.25) is 0 Å². The molecule has 10 nitrogen and oxygen atoms in total. The Balaban J connectivity index is 1.43. The molecule has 38 heavy (non-hydrogen) atoms. The van der Waals surface area contributed by atoms with Gasteiger partial charge in [0, 0.05) is 18.2 Å². The summed E-state index contributed by atoms with van der Waals surface area (Å²) in [7, 11) is -1.73. The van der Waals surface area contributed by atoms with Crippen LogP contribution in [0.4, 0.5) is 0 Å². The fourth-order valence-electron chi connectivity index (χ4n) is 4.14. The van der Waals surface area contributed by atoms with Crippen molar-refractivity contribution in [3.8, 4) is 16.9 Å². The number of esters is 1. The Labute approximate surface area is 221 Å². The summed E-state index contributed by atoms with van der Waals surface area (Å²) in [6.07, 6.45) is 0.988. The summed E-state index contributed by atoms with van der Waals surface area (Å²) in [5.41, 5.74) is 1.05. The van der Waals surface area contributed by atoms with Gasteiger partial charge in [-0.1, -0.05) is 49.4 Å². The van der Waals surface area contributed by atoms with E-state index in [2.05, 4.69) is 10.1 Å². The molecule has 2 heterocycles. The van der Waals surface area contributed by atoms with Crippen molar-refractivity contribution in [3.63, 3.8) is 0 Å². The molecular weight excluding hydrogens is 509 g/mol. The molecule has 2 N–H and O–H groups in total. The van der Waals surface area contributed by atoms with Crippen molar-refractivity contribution >= 4 is 14.5 Å². The standard InChI is InChI=1S/C27H32N3O7P/c1-18(2)35-25(32)16-28-38(37-22-11-7-10-21(15-22)20-8-5-4-6-9-20)34-17-23-14-19(3)26(36-23)30-13-12-24(31)29-27(30)33/h4-13,15,18-19,23,26,28H,14,16-17H2,1-3H3,(H,29,31,33). The first kappa shape index (κ1) is 27.7. The van der Waals surface area contributed by atoms with Gasteiger partial charge in [0.1, 0.15) is 18.5 Å². The van der Waals surface area contributed by atoms with Crippen LogP contribution >= 0.6 is 8.53 Å². The highest BCUT2D eigenvalue weighted by Gasteiger charge is 2.35. The average Bonchev–Trinajstić information content (AvgIpc) is 3.26. The average molecular weight is 542 g/mol. The summed E-state index contributed by atoms with van der Waals surface area (Å²) in [4.78, 5) is 38.0. The molecular formula is C27H32N3O7P. The number of aromatic nitrogens is 2. The molecule has 4 atom stereocenters. The van der Waals surface area contributed by atoms with Gasteiger partial charge in [-0.15, -0.1) is 0 Å². The summed E-state index contributed by atoms with van der Waals surface area (Å²) in [6.45, 7) is 5.63. The third kappa shape index (κ3) is 7.61. The molecule has 11 heteroatoms. The number of ether oxygens (including phenoxy) is 2. The highest BCUT2D eigenvalue weighted by molar-refractivity contribution is 7.45. The van der Waals surface area contributed by atoms with Crippen molar-refractivity contribution in [2.75, 3.05) is 13.2 Å². The number of carbonyl (C=O) groups is 1. The summed E-state index contributed by atoms with van der Waals surface area (Å²) in [5.74, 6) is 0.178. The second-order valence-corrected chi connectivity index (χ2v) is 10.6. The zero-order valence-electron chi connectivity index (χ0n) is 21.5. The molecule has 1 aliphatic heterocycles. The molecule has 202 valence electrons. The van der Waals surface area contributed by atoms with E-state index in [1.165, 1.54) is 16.8 Å². The molecule has 1 aromatic heterocycles. The minimum atomic E-state index is -1.73. The van der Waals surface area contributed by atoms with Crippen LogP contribution in [0.1, 0.15) is 33.4 Å². The molecule has 0 radical (unpaired) electrons. The predicted octanol–water partition coefficient (Wildman–Crippen LogP) is 3.99. The quantitative estimate of drug-likeness (QED) is 0.276. The maximum absolute atomic E-state index is 12.2. The van der Waals surface area contributed by atoms with Gasteiger partial charge in [0.2, 0.25) is 0 Å². The number of hydrogen-bond donors (Lipinski definition) is 2. The monoisotopic (exact) mass is 541 g/mol. The number of rotatable bonds is 11. The van der Waals surface area contributed by atoms with E-state index in [-0.39, 0.29) is 31.3 Å². The molecule has 4 unspecified atom stereocenters. The number of benzene rings is 2. The van der Waals surface area contributed by atoms with Crippen molar-refractivity contribution in [1.82, 2.24) is 14.6 Å². The Morgan fingerprint density at radius 3 is 2.63 bits per heavy atom. The molecule has 1 aliphatic rings. The van der Waals surface area contributed by atoms with Crippen LogP contribution in [0.15, 0.2) is 76.4 Å². The highest BCUT2D eigenvalue weighted by atomic mass is 31.2. The molecule has 3 aromatic rings. The number of hydrogen-bond acceptors (Lipinski definition) is 8. The van der Waals surface area contributed by atoms with Crippen LogP contribution in [0.3, 0.4) is 0 Å². The van der Waals surface area contributed by atoms with Gasteiger partial charge in [0.15, 0.2) is 0 Å². The van der Waals surface area contributed by atoms with E-state index in [4.69, 9.17) is 18.5 Å². The van der Waals surface area contributed by atoms with E-state index >= 15 is 0 Å². The largest absolute Gasteiger partial charge is 0.462 e. The molecule has 4 rings (SSSR count). The first-order valence-electron chi connectivity index (χ1n) is 12.4. The van der Waals surface area contributed by atoms with Crippen LogP contribution in [0.25, 0.3) is 11.1 Å². The Kier molecular flexibility index (Phi) is 9.47. The van der Waals surface area contributed by atoms with Crippen LogP contribution in [0, 0.1) is 5.92 Å². The SMILES string of the molecule is CC(C)OC(=O)CNP(OCC1CC(C)C(n2ccc(=O)[nH]c2=O)O1)Oc1cccc(-c2ccccc2)c1. The van der Waals surface area contributed by atoms with E-state index in [1.54, 1.807) is 13.8 Å². The van der Waals surface area contributed by atoms with Crippen LogP contribution < -0.4 is 20.9 Å². The van der Waals surface area contributed by atoms with Crippen molar-refractivity contribution in [1.29, 1.82) is 0 Å². The number of nitrogens with one attached hydrogen (secondary N) is 2. The number of carbonyl (C=O) groups excluding carboxylic acids is 1. The van der Waals surface area contributed by atoms with Gasteiger partial charge < -0.3 is 18.5 Å². The van der Waals surface area contributed by atoms with Gasteiger partial charge in [-0.05, 0) is 43.5 Å².